The van der Waals surface area contributed by atoms with Crippen LogP contribution in [0, 0.1) is 29.6 Å². The molecule has 1 aromatic heterocycles. The number of ether oxygens (including phenoxy) is 1. The van der Waals surface area contributed by atoms with Crippen LogP contribution in [-0.2, 0) is 33.2 Å². The predicted molar refractivity (Wildman–Crippen MR) is 161 cm³/mol. The molecule has 0 fully saturated rings. The van der Waals surface area contributed by atoms with Crippen molar-refractivity contribution in [2.24, 2.45) is 0 Å². The summed E-state index contributed by atoms with van der Waals surface area (Å²) in [5.74, 6) is -1.99. The summed E-state index contributed by atoms with van der Waals surface area (Å²) in [6, 6.07) is 14.6. The first-order valence-electron chi connectivity index (χ1n) is 14.0. The van der Waals surface area contributed by atoms with E-state index in [0.29, 0.717) is 17.2 Å². The highest BCUT2D eigenvalue weighted by Gasteiger charge is 2.41. The van der Waals surface area contributed by atoms with Gasteiger partial charge in [-0.25, -0.2) is 0 Å². The van der Waals surface area contributed by atoms with E-state index in [2.05, 4.69) is 10.6 Å². The molecule has 3 N–H and O–H groups in total. The van der Waals surface area contributed by atoms with Crippen LogP contribution in [0.25, 0.3) is 10.9 Å². The number of nitrogens with zero attached hydrogens (tertiary/aromatic N) is 3. The van der Waals surface area contributed by atoms with Gasteiger partial charge in [0, 0.05) is 28.5 Å². The van der Waals surface area contributed by atoms with Gasteiger partial charge in [-0.2, -0.15) is 36.9 Å². The normalized spacial score (nSPS) is 14.3. The molecule has 0 unspecified atom stereocenters. The van der Waals surface area contributed by atoms with Crippen LogP contribution in [0.5, 0.6) is 0 Å². The Bertz CT molecular complexity index is 1970. The molecule has 2 amide bonds. The second-order valence-electron chi connectivity index (χ2n) is 11.4. The van der Waals surface area contributed by atoms with Gasteiger partial charge in [-0.05, 0) is 87.0 Å². The molecule has 0 saturated heterocycles. The molecule has 0 aliphatic carbocycles. The number of carbonyl (C=O) groups is 2. The number of rotatable bonds is 9. The Kier molecular flexibility index (Phi) is 9.62. The van der Waals surface area contributed by atoms with E-state index in [-0.39, 0.29) is 22.3 Å². The highest BCUT2D eigenvalue weighted by atomic mass is 19.4. The predicted octanol–water partition coefficient (Wildman–Crippen LogP) is 6.53. The Balaban J connectivity index is 1.65. The Morgan fingerprint density at radius 1 is 0.833 bits per heavy atom. The lowest BCUT2D eigenvalue weighted by molar-refractivity contribution is -0.159. The highest BCUT2D eigenvalue weighted by molar-refractivity contribution is 5.98. The molecule has 0 aliphatic rings. The maximum absolute atomic E-state index is 13.7. The Morgan fingerprint density at radius 2 is 1.44 bits per heavy atom. The second-order valence-corrected chi connectivity index (χ2v) is 11.4. The number of hydrogen-bond acceptors (Lipinski definition) is 6. The molecule has 0 radical (unpaired) electrons. The number of hydrogen-bond donors (Lipinski definition) is 3. The summed E-state index contributed by atoms with van der Waals surface area (Å²) < 4.78 is 87.9. The molecular formula is C33H27F6N5O4. The van der Waals surface area contributed by atoms with Crippen LogP contribution < -0.4 is 10.6 Å². The summed E-state index contributed by atoms with van der Waals surface area (Å²) in [5, 5.41) is 34.3. The molecular weight excluding hydrogens is 644 g/mol. The molecule has 1 heterocycles. The SMILES string of the molecule is Cc1cc(NC(=O)[C@@](C)(O)CO[C@@](C)(Cn2ccc3cc(C(F)(F)F)ccc32)C(=O)Nc2ccc(C#N)c(C(F)(F)F)c2)ccc1C#N. The van der Waals surface area contributed by atoms with Crippen molar-refractivity contribution in [2.45, 2.75) is 50.9 Å². The van der Waals surface area contributed by atoms with Crippen molar-refractivity contribution < 1.29 is 45.8 Å². The average molecular weight is 672 g/mol. The van der Waals surface area contributed by atoms with Crippen LogP contribution in [0.15, 0.2) is 66.9 Å². The zero-order chi connectivity index (χ0) is 35.7. The molecule has 0 saturated carbocycles. The monoisotopic (exact) mass is 671 g/mol. The van der Waals surface area contributed by atoms with Crippen LogP contribution in [0.2, 0.25) is 0 Å². The molecule has 9 nitrogen and oxygen atoms in total. The summed E-state index contributed by atoms with van der Waals surface area (Å²) in [6.07, 6.45) is -8.17. The molecule has 0 aliphatic heterocycles. The van der Waals surface area contributed by atoms with E-state index in [1.807, 2.05) is 6.07 Å². The number of nitrogens with one attached hydrogen (secondary N) is 2. The van der Waals surface area contributed by atoms with E-state index in [1.54, 1.807) is 6.92 Å². The fourth-order valence-electron chi connectivity index (χ4n) is 4.74. The summed E-state index contributed by atoms with van der Waals surface area (Å²) >= 11 is 0. The van der Waals surface area contributed by atoms with E-state index in [9.17, 15) is 41.0 Å². The Labute approximate surface area is 269 Å². The van der Waals surface area contributed by atoms with Crippen molar-refractivity contribution in [1.29, 1.82) is 10.5 Å². The lowest BCUT2D eigenvalue weighted by Crippen LogP contribution is -2.52. The van der Waals surface area contributed by atoms with Crippen LogP contribution >= 0.6 is 0 Å². The zero-order valence-corrected chi connectivity index (χ0v) is 25.5. The number of aromatic nitrogens is 1. The topological polar surface area (TPSA) is 140 Å². The highest BCUT2D eigenvalue weighted by Crippen LogP contribution is 2.35. The van der Waals surface area contributed by atoms with Crippen molar-refractivity contribution in [3.63, 3.8) is 0 Å². The summed E-state index contributed by atoms with van der Waals surface area (Å²) in [5.41, 5.74) is -6.19. The van der Waals surface area contributed by atoms with Gasteiger partial charge in [-0.1, -0.05) is 0 Å². The maximum atomic E-state index is 13.7. The van der Waals surface area contributed by atoms with Gasteiger partial charge in [-0.3, -0.25) is 9.59 Å². The number of fused-ring (bicyclic) bond motifs is 1. The van der Waals surface area contributed by atoms with Gasteiger partial charge in [-0.15, -0.1) is 0 Å². The molecule has 250 valence electrons. The van der Waals surface area contributed by atoms with Gasteiger partial charge in [0.15, 0.2) is 11.2 Å². The average Bonchev–Trinajstić information content (AvgIpc) is 3.41. The fraction of sp³-hybridized carbons (Fsp3) is 0.273. The van der Waals surface area contributed by atoms with Crippen LogP contribution in [-0.4, -0.2) is 39.3 Å². The second kappa shape index (κ2) is 13.0. The molecule has 2 atom stereocenters. The smallest absolute Gasteiger partial charge is 0.378 e. The number of alkyl halides is 6. The third-order valence-corrected chi connectivity index (χ3v) is 7.52. The lowest BCUT2D eigenvalue weighted by Gasteiger charge is -2.33. The van der Waals surface area contributed by atoms with Gasteiger partial charge < -0.3 is 25.0 Å². The first-order chi connectivity index (χ1) is 22.3. The molecule has 0 bridgehead atoms. The third-order valence-electron chi connectivity index (χ3n) is 7.52. The number of benzene rings is 3. The van der Waals surface area contributed by atoms with E-state index in [1.165, 1.54) is 54.1 Å². The van der Waals surface area contributed by atoms with Crippen molar-refractivity contribution in [2.75, 3.05) is 17.2 Å². The van der Waals surface area contributed by atoms with Crippen molar-refractivity contribution >= 4 is 34.1 Å². The van der Waals surface area contributed by atoms with Crippen LogP contribution in [0.3, 0.4) is 0 Å². The Hall–Kier alpha value is -5.38. The molecule has 3 aromatic carbocycles. The van der Waals surface area contributed by atoms with Crippen molar-refractivity contribution in [3.05, 3.63) is 94.7 Å². The Morgan fingerprint density at radius 3 is 2.02 bits per heavy atom. The molecule has 15 heteroatoms. The fourth-order valence-corrected chi connectivity index (χ4v) is 4.74. The van der Waals surface area contributed by atoms with Gasteiger partial charge >= 0.3 is 12.4 Å². The van der Waals surface area contributed by atoms with Gasteiger partial charge in [0.25, 0.3) is 11.8 Å². The molecule has 0 spiro atoms. The van der Waals surface area contributed by atoms with Crippen LogP contribution in [0.4, 0.5) is 37.7 Å². The van der Waals surface area contributed by atoms with E-state index in [4.69, 9.17) is 15.3 Å². The summed E-state index contributed by atoms with van der Waals surface area (Å²) in [7, 11) is 0. The largest absolute Gasteiger partial charge is 0.417 e. The number of halogens is 6. The third kappa shape index (κ3) is 7.76. The van der Waals surface area contributed by atoms with Crippen molar-refractivity contribution in [1.82, 2.24) is 4.57 Å². The first-order valence-corrected chi connectivity index (χ1v) is 14.0. The minimum Gasteiger partial charge on any atom is -0.378 e. The van der Waals surface area contributed by atoms with Gasteiger partial charge in [0.05, 0.1) is 47.5 Å². The number of aryl methyl sites for hydroxylation is 1. The van der Waals surface area contributed by atoms with Crippen molar-refractivity contribution in [3.8, 4) is 12.1 Å². The number of amides is 2. The number of nitriles is 2. The lowest BCUT2D eigenvalue weighted by atomic mass is 10.0. The summed E-state index contributed by atoms with van der Waals surface area (Å²) in [4.78, 5) is 26.8. The zero-order valence-electron chi connectivity index (χ0n) is 25.5. The van der Waals surface area contributed by atoms with E-state index < -0.39 is 65.2 Å². The molecule has 4 aromatic rings. The molecule has 4 rings (SSSR count). The number of aliphatic hydroxyl groups is 1. The quantitative estimate of drug-likeness (QED) is 0.173. The number of carbonyl (C=O) groups excluding carboxylic acids is 2. The first kappa shape index (κ1) is 35.5. The minimum absolute atomic E-state index is 0.165. The standard InChI is InChI=1S/C33H27F6N5O4/c1-19-12-24(7-4-21(19)15-40)42-28(45)30(2,47)18-48-31(3,17-44-11-10-20-13-23(32(34,35)36)6-9-27(20)44)29(46)43-25-8-5-22(16-41)26(14-25)33(37,38)39/h4-14,47H,17-18H2,1-3H3,(H,42,45)(H,43,46)/t30-,31-/m0/s1. The molecule has 48 heavy (non-hydrogen) atoms. The van der Waals surface area contributed by atoms with Gasteiger partial charge in [0.2, 0.25) is 0 Å². The summed E-state index contributed by atoms with van der Waals surface area (Å²) in [6.45, 7) is 2.71. The maximum Gasteiger partial charge on any atom is 0.417 e. The number of anilines is 2. The van der Waals surface area contributed by atoms with E-state index >= 15 is 0 Å². The van der Waals surface area contributed by atoms with E-state index in [0.717, 1.165) is 31.2 Å². The minimum atomic E-state index is -4.93. The van der Waals surface area contributed by atoms with Crippen LogP contribution in [0.1, 0.15) is 41.7 Å². The van der Waals surface area contributed by atoms with Gasteiger partial charge in [0.1, 0.15) is 0 Å².